The van der Waals surface area contributed by atoms with Gasteiger partial charge >= 0.3 is 0 Å². The molecule has 0 aromatic heterocycles. The van der Waals surface area contributed by atoms with Crippen LogP contribution < -0.4 is 19.5 Å². The summed E-state index contributed by atoms with van der Waals surface area (Å²) in [4.78, 5) is 2.18. The monoisotopic (exact) mass is 282 g/mol. The smallest absolute Gasteiger partial charge is 0.203 e. The fraction of sp³-hybridized carbons (Fsp3) is 0.600. The van der Waals surface area contributed by atoms with Crippen molar-refractivity contribution < 1.29 is 14.2 Å². The molecule has 114 valence electrons. The van der Waals surface area contributed by atoms with Crippen LogP contribution in [0.1, 0.15) is 12.0 Å². The Morgan fingerprint density at radius 2 is 1.60 bits per heavy atom. The van der Waals surface area contributed by atoms with E-state index < -0.39 is 0 Å². The van der Waals surface area contributed by atoms with Gasteiger partial charge in [0.05, 0.1) is 21.3 Å². The molecule has 1 N–H and O–H groups in total. The zero-order valence-electron chi connectivity index (χ0n) is 13.2. The molecule has 1 aromatic rings. The molecule has 0 radical (unpaired) electrons. The van der Waals surface area contributed by atoms with Gasteiger partial charge in [0.2, 0.25) is 5.75 Å². The molecule has 1 aromatic carbocycles. The maximum Gasteiger partial charge on any atom is 0.203 e. The summed E-state index contributed by atoms with van der Waals surface area (Å²) < 4.78 is 16.0. The number of ether oxygens (including phenoxy) is 3. The van der Waals surface area contributed by atoms with E-state index in [9.17, 15) is 0 Å². The molecule has 0 heterocycles. The molecule has 0 bridgehead atoms. The fourth-order valence-electron chi connectivity index (χ4n) is 1.99. The average molecular weight is 282 g/mol. The molecule has 0 fully saturated rings. The second-order valence-corrected chi connectivity index (χ2v) is 4.87. The molecule has 5 nitrogen and oxygen atoms in total. The van der Waals surface area contributed by atoms with Crippen LogP contribution in [0.2, 0.25) is 0 Å². The van der Waals surface area contributed by atoms with E-state index in [4.69, 9.17) is 14.2 Å². The van der Waals surface area contributed by atoms with Gasteiger partial charge in [0.15, 0.2) is 11.5 Å². The maximum absolute atomic E-state index is 5.34. The summed E-state index contributed by atoms with van der Waals surface area (Å²) in [6.07, 6.45) is 1.12. The Balaban J connectivity index is 2.62. The highest BCUT2D eigenvalue weighted by atomic mass is 16.5. The number of hydrogen-bond acceptors (Lipinski definition) is 5. The summed E-state index contributed by atoms with van der Waals surface area (Å²) >= 11 is 0. The van der Waals surface area contributed by atoms with E-state index in [0.29, 0.717) is 17.2 Å². The highest BCUT2D eigenvalue weighted by molar-refractivity contribution is 5.53. The van der Waals surface area contributed by atoms with Crippen LogP contribution in [0.25, 0.3) is 0 Å². The first-order valence-corrected chi connectivity index (χ1v) is 6.76. The van der Waals surface area contributed by atoms with Crippen LogP contribution in [0.5, 0.6) is 17.2 Å². The molecule has 0 spiro atoms. The molecule has 1 rings (SSSR count). The minimum atomic E-state index is 0.631. The van der Waals surface area contributed by atoms with Crippen molar-refractivity contribution in [3.8, 4) is 17.2 Å². The molecular formula is C15H26N2O3. The van der Waals surface area contributed by atoms with Crippen LogP contribution >= 0.6 is 0 Å². The Bertz CT molecular complexity index is 383. The van der Waals surface area contributed by atoms with Crippen molar-refractivity contribution in [1.82, 2.24) is 10.2 Å². The molecular weight excluding hydrogens is 256 g/mol. The summed E-state index contributed by atoms with van der Waals surface area (Å²) in [6, 6.07) is 3.95. The van der Waals surface area contributed by atoms with Gasteiger partial charge in [0, 0.05) is 6.54 Å². The molecule has 0 aliphatic heterocycles. The number of rotatable bonds is 9. The van der Waals surface area contributed by atoms with E-state index in [1.54, 1.807) is 21.3 Å². The van der Waals surface area contributed by atoms with Gasteiger partial charge in [-0.1, -0.05) is 0 Å². The van der Waals surface area contributed by atoms with Gasteiger partial charge < -0.3 is 24.4 Å². The van der Waals surface area contributed by atoms with Gasteiger partial charge in [-0.05, 0) is 51.3 Å². The van der Waals surface area contributed by atoms with Gasteiger partial charge in [-0.15, -0.1) is 0 Å². The third-order valence-electron chi connectivity index (χ3n) is 3.01. The van der Waals surface area contributed by atoms with Gasteiger partial charge in [-0.2, -0.15) is 0 Å². The summed E-state index contributed by atoms with van der Waals surface area (Å²) in [6.45, 7) is 2.85. The molecule has 0 saturated carbocycles. The Kier molecular flexibility index (Phi) is 7.18. The van der Waals surface area contributed by atoms with Crippen molar-refractivity contribution in [3.63, 3.8) is 0 Å². The zero-order chi connectivity index (χ0) is 15.0. The topological polar surface area (TPSA) is 43.0 Å². The third kappa shape index (κ3) is 4.90. The SMILES string of the molecule is COc1cc(CNCCCN(C)C)cc(OC)c1OC. The van der Waals surface area contributed by atoms with Crippen LogP contribution in [0.15, 0.2) is 12.1 Å². The van der Waals surface area contributed by atoms with Gasteiger partial charge in [0.25, 0.3) is 0 Å². The Morgan fingerprint density at radius 3 is 2.05 bits per heavy atom. The largest absolute Gasteiger partial charge is 0.493 e. The van der Waals surface area contributed by atoms with E-state index >= 15 is 0 Å². The van der Waals surface area contributed by atoms with Crippen LogP contribution in [0, 0.1) is 0 Å². The minimum Gasteiger partial charge on any atom is -0.493 e. The summed E-state index contributed by atoms with van der Waals surface area (Å²) in [5.41, 5.74) is 1.12. The zero-order valence-corrected chi connectivity index (χ0v) is 13.2. The lowest BCUT2D eigenvalue weighted by molar-refractivity contribution is 0.323. The van der Waals surface area contributed by atoms with Crippen molar-refractivity contribution in [3.05, 3.63) is 17.7 Å². The lowest BCUT2D eigenvalue weighted by Gasteiger charge is -2.14. The van der Waals surface area contributed by atoms with E-state index in [2.05, 4.69) is 24.3 Å². The molecule has 0 atom stereocenters. The molecule has 20 heavy (non-hydrogen) atoms. The minimum absolute atomic E-state index is 0.631. The molecule has 0 unspecified atom stereocenters. The number of benzene rings is 1. The summed E-state index contributed by atoms with van der Waals surface area (Å²) in [5.74, 6) is 2.01. The standard InChI is InChI=1S/C15H26N2O3/c1-17(2)8-6-7-16-11-12-9-13(18-3)15(20-5)14(10-12)19-4/h9-10,16H,6-8,11H2,1-5H3. The molecule has 5 heteroatoms. The highest BCUT2D eigenvalue weighted by Crippen LogP contribution is 2.38. The third-order valence-corrected chi connectivity index (χ3v) is 3.01. The first-order chi connectivity index (χ1) is 9.62. The van der Waals surface area contributed by atoms with E-state index in [1.165, 1.54) is 0 Å². The second kappa shape index (κ2) is 8.66. The number of nitrogens with zero attached hydrogens (tertiary/aromatic N) is 1. The van der Waals surface area contributed by atoms with Gasteiger partial charge in [-0.25, -0.2) is 0 Å². The van der Waals surface area contributed by atoms with E-state index in [-0.39, 0.29) is 0 Å². The molecule has 0 amide bonds. The normalized spacial score (nSPS) is 10.7. The molecule has 0 aliphatic carbocycles. The van der Waals surface area contributed by atoms with Crippen LogP contribution in [0.3, 0.4) is 0 Å². The number of nitrogens with one attached hydrogen (secondary N) is 1. The predicted octanol–water partition coefficient (Wildman–Crippen LogP) is 1.75. The first-order valence-electron chi connectivity index (χ1n) is 6.76. The van der Waals surface area contributed by atoms with Gasteiger partial charge in [-0.3, -0.25) is 0 Å². The van der Waals surface area contributed by atoms with E-state index in [1.807, 2.05) is 12.1 Å². The van der Waals surface area contributed by atoms with Crippen molar-refractivity contribution >= 4 is 0 Å². The van der Waals surface area contributed by atoms with Crippen LogP contribution in [0.4, 0.5) is 0 Å². The number of methoxy groups -OCH3 is 3. The molecule has 0 saturated heterocycles. The Hall–Kier alpha value is -1.46. The Morgan fingerprint density at radius 1 is 1.00 bits per heavy atom. The summed E-state index contributed by atoms with van der Waals surface area (Å²) in [7, 11) is 9.04. The highest BCUT2D eigenvalue weighted by Gasteiger charge is 2.12. The van der Waals surface area contributed by atoms with Crippen molar-refractivity contribution in [2.45, 2.75) is 13.0 Å². The summed E-state index contributed by atoms with van der Waals surface area (Å²) in [5, 5.41) is 3.42. The average Bonchev–Trinajstić information content (AvgIpc) is 2.45. The maximum atomic E-state index is 5.34. The first kappa shape index (κ1) is 16.6. The van der Waals surface area contributed by atoms with Gasteiger partial charge in [0.1, 0.15) is 0 Å². The molecule has 0 aliphatic rings. The van der Waals surface area contributed by atoms with E-state index in [0.717, 1.165) is 31.6 Å². The van der Waals surface area contributed by atoms with Crippen LogP contribution in [-0.4, -0.2) is 53.4 Å². The van der Waals surface area contributed by atoms with Crippen molar-refractivity contribution in [1.29, 1.82) is 0 Å². The predicted molar refractivity (Wildman–Crippen MR) is 81.0 cm³/mol. The fourth-order valence-corrected chi connectivity index (χ4v) is 1.99. The number of hydrogen-bond donors (Lipinski definition) is 1. The quantitative estimate of drug-likeness (QED) is 0.699. The lowest BCUT2D eigenvalue weighted by Crippen LogP contribution is -2.21. The lowest BCUT2D eigenvalue weighted by atomic mass is 10.1. The van der Waals surface area contributed by atoms with Crippen molar-refractivity contribution in [2.75, 3.05) is 48.5 Å². The Labute approximate surface area is 121 Å². The van der Waals surface area contributed by atoms with Crippen molar-refractivity contribution in [2.24, 2.45) is 0 Å². The van der Waals surface area contributed by atoms with Crippen LogP contribution in [-0.2, 0) is 6.54 Å². The second-order valence-electron chi connectivity index (χ2n) is 4.87.